The Morgan fingerprint density at radius 1 is 1.18 bits per heavy atom. The van der Waals surface area contributed by atoms with Crippen LogP contribution in [0.25, 0.3) is 11.0 Å². The maximum atomic E-state index is 12.0. The number of carbonyl (C=O) groups is 2. The molecule has 2 rings (SSSR count). The number of nitrogens with one attached hydrogen (secondary N) is 1. The molecule has 152 valence electrons. The minimum absolute atomic E-state index is 0.318. The van der Waals surface area contributed by atoms with Gasteiger partial charge in [0.2, 0.25) is 0 Å². The molecule has 1 aromatic heterocycles. The molecule has 1 aromatic carbocycles. The van der Waals surface area contributed by atoms with Crippen molar-refractivity contribution < 1.29 is 23.8 Å². The lowest BCUT2D eigenvalue weighted by atomic mass is 10.0. The number of fused-ring (bicyclic) bond motifs is 1. The van der Waals surface area contributed by atoms with Gasteiger partial charge in [-0.1, -0.05) is 33.1 Å². The molecule has 0 aliphatic heterocycles. The normalized spacial score (nSPS) is 11.9. The molecule has 2 N–H and O–H groups in total. The smallest absolute Gasteiger partial charge is 0.336 e. The van der Waals surface area contributed by atoms with Gasteiger partial charge in [-0.2, -0.15) is 0 Å². The molecule has 1 atom stereocenters. The van der Waals surface area contributed by atoms with E-state index in [1.165, 1.54) is 6.07 Å². The first-order chi connectivity index (χ1) is 13.4. The molecule has 1 heterocycles. The Morgan fingerprint density at radius 2 is 1.93 bits per heavy atom. The number of carbonyl (C=O) groups excluding carboxylic acids is 1. The summed E-state index contributed by atoms with van der Waals surface area (Å²) in [5.74, 6) is -1.20. The van der Waals surface area contributed by atoms with E-state index in [9.17, 15) is 14.4 Å². The van der Waals surface area contributed by atoms with E-state index >= 15 is 0 Å². The number of benzene rings is 1. The number of ether oxygens (including phenoxy) is 1. The fraction of sp³-hybridized carbons (Fsp3) is 0.476. The van der Waals surface area contributed by atoms with Gasteiger partial charge in [-0.25, -0.2) is 9.59 Å². The van der Waals surface area contributed by atoms with Crippen molar-refractivity contribution in [3.8, 4) is 5.75 Å². The first-order valence-corrected chi connectivity index (χ1v) is 9.66. The second kappa shape index (κ2) is 10.5. The fourth-order valence-corrected chi connectivity index (χ4v) is 2.92. The monoisotopic (exact) mass is 389 g/mol. The number of aliphatic carboxylic acids is 1. The van der Waals surface area contributed by atoms with E-state index in [4.69, 9.17) is 14.3 Å². The number of hydrogen-bond donors (Lipinski definition) is 2. The quantitative estimate of drug-likeness (QED) is 0.571. The van der Waals surface area contributed by atoms with E-state index in [0.29, 0.717) is 24.2 Å². The van der Waals surface area contributed by atoms with Crippen LogP contribution in [0.4, 0.5) is 0 Å². The molecule has 0 spiro atoms. The highest BCUT2D eigenvalue weighted by molar-refractivity contribution is 5.85. The number of amides is 1. The molecule has 1 amide bonds. The number of aryl methyl sites for hydroxylation is 1. The van der Waals surface area contributed by atoms with E-state index in [1.807, 2.05) is 6.92 Å². The second-order valence-electron chi connectivity index (χ2n) is 6.74. The van der Waals surface area contributed by atoms with Crippen molar-refractivity contribution in [2.45, 2.75) is 58.4 Å². The minimum Gasteiger partial charge on any atom is -0.484 e. The summed E-state index contributed by atoms with van der Waals surface area (Å²) in [5.41, 5.74) is 0.911. The molecular formula is C21H27NO6. The number of carboxylic acid groups (broad SMARTS) is 1. The van der Waals surface area contributed by atoms with Crippen molar-refractivity contribution in [1.29, 1.82) is 0 Å². The summed E-state index contributed by atoms with van der Waals surface area (Å²) in [6.07, 6.45) is 4.71. The molecule has 7 nitrogen and oxygen atoms in total. The summed E-state index contributed by atoms with van der Waals surface area (Å²) in [6, 6.07) is 5.67. The Hall–Kier alpha value is -2.83. The largest absolute Gasteiger partial charge is 0.484 e. The van der Waals surface area contributed by atoms with Gasteiger partial charge in [-0.15, -0.1) is 0 Å². The minimum atomic E-state index is -1.06. The zero-order valence-electron chi connectivity index (χ0n) is 16.3. The molecule has 0 radical (unpaired) electrons. The van der Waals surface area contributed by atoms with Crippen LogP contribution in [0.5, 0.6) is 5.75 Å². The third-order valence-electron chi connectivity index (χ3n) is 4.45. The molecule has 0 aliphatic carbocycles. The molecular weight excluding hydrogens is 362 g/mol. The number of carboxylic acids is 1. The number of unbranched alkanes of at least 4 members (excludes halogenated alkanes) is 2. The van der Waals surface area contributed by atoms with Crippen LogP contribution < -0.4 is 15.7 Å². The highest BCUT2D eigenvalue weighted by atomic mass is 16.5. The molecule has 0 bridgehead atoms. The highest BCUT2D eigenvalue weighted by Gasteiger charge is 2.19. The Bertz CT molecular complexity index is 873. The van der Waals surface area contributed by atoms with Crippen LogP contribution in [0.2, 0.25) is 0 Å². The van der Waals surface area contributed by atoms with E-state index < -0.39 is 23.5 Å². The summed E-state index contributed by atoms with van der Waals surface area (Å²) in [7, 11) is 0. The average molecular weight is 389 g/mol. The number of hydrogen-bond acceptors (Lipinski definition) is 5. The van der Waals surface area contributed by atoms with Gasteiger partial charge in [-0.3, -0.25) is 4.79 Å². The van der Waals surface area contributed by atoms with Crippen LogP contribution in [-0.4, -0.2) is 29.6 Å². The van der Waals surface area contributed by atoms with Gasteiger partial charge in [-0.05, 0) is 37.0 Å². The van der Waals surface area contributed by atoms with E-state index in [2.05, 4.69) is 12.2 Å². The zero-order chi connectivity index (χ0) is 20.5. The summed E-state index contributed by atoms with van der Waals surface area (Å²) < 4.78 is 10.7. The molecule has 0 fully saturated rings. The average Bonchev–Trinajstić information content (AvgIpc) is 2.67. The molecule has 0 unspecified atom stereocenters. The topological polar surface area (TPSA) is 106 Å². The van der Waals surface area contributed by atoms with Crippen molar-refractivity contribution in [2.24, 2.45) is 0 Å². The molecule has 0 saturated heterocycles. The third kappa shape index (κ3) is 6.11. The van der Waals surface area contributed by atoms with E-state index in [1.54, 1.807) is 18.2 Å². The van der Waals surface area contributed by atoms with E-state index in [-0.39, 0.29) is 6.61 Å². The predicted molar refractivity (Wildman–Crippen MR) is 106 cm³/mol. The van der Waals surface area contributed by atoms with Gasteiger partial charge >= 0.3 is 11.6 Å². The van der Waals surface area contributed by atoms with Crippen LogP contribution in [0.3, 0.4) is 0 Å². The summed E-state index contributed by atoms with van der Waals surface area (Å²) in [4.78, 5) is 35.0. The lowest BCUT2D eigenvalue weighted by Gasteiger charge is -2.14. The highest BCUT2D eigenvalue weighted by Crippen LogP contribution is 2.23. The van der Waals surface area contributed by atoms with Crippen LogP contribution in [0, 0.1) is 0 Å². The van der Waals surface area contributed by atoms with Crippen LogP contribution in [-0.2, 0) is 16.0 Å². The second-order valence-corrected chi connectivity index (χ2v) is 6.74. The molecule has 7 heteroatoms. The summed E-state index contributed by atoms with van der Waals surface area (Å²) in [6.45, 7) is 3.72. The SMILES string of the molecule is CCCCc1cc(=O)oc2cc(OCC(=O)N[C@H](CCCC)C(=O)O)ccc12. The third-order valence-corrected chi connectivity index (χ3v) is 4.45. The number of rotatable bonds is 11. The predicted octanol–water partition coefficient (Wildman–Crippen LogP) is 3.27. The van der Waals surface area contributed by atoms with Crippen molar-refractivity contribution in [3.05, 3.63) is 40.2 Å². The molecule has 28 heavy (non-hydrogen) atoms. The van der Waals surface area contributed by atoms with Gasteiger partial charge in [0.05, 0.1) is 0 Å². The molecule has 0 aliphatic rings. The summed E-state index contributed by atoms with van der Waals surface area (Å²) in [5, 5.41) is 12.5. The van der Waals surface area contributed by atoms with Gasteiger partial charge in [0.1, 0.15) is 17.4 Å². The first-order valence-electron chi connectivity index (χ1n) is 9.66. The van der Waals surface area contributed by atoms with Crippen molar-refractivity contribution in [2.75, 3.05) is 6.61 Å². The lowest BCUT2D eigenvalue weighted by molar-refractivity contribution is -0.142. The van der Waals surface area contributed by atoms with Gasteiger partial charge < -0.3 is 19.6 Å². The Morgan fingerprint density at radius 3 is 2.61 bits per heavy atom. The summed E-state index contributed by atoms with van der Waals surface area (Å²) >= 11 is 0. The van der Waals surface area contributed by atoms with Gasteiger partial charge in [0.15, 0.2) is 6.61 Å². The fourth-order valence-electron chi connectivity index (χ4n) is 2.92. The first kappa shape index (κ1) is 21.5. The maximum absolute atomic E-state index is 12.0. The lowest BCUT2D eigenvalue weighted by Crippen LogP contribution is -2.42. The zero-order valence-corrected chi connectivity index (χ0v) is 16.3. The van der Waals surface area contributed by atoms with Crippen LogP contribution >= 0.6 is 0 Å². The Balaban J connectivity index is 2.05. The van der Waals surface area contributed by atoms with Crippen molar-refractivity contribution in [1.82, 2.24) is 5.32 Å². The van der Waals surface area contributed by atoms with E-state index in [0.717, 1.165) is 36.6 Å². The molecule has 2 aromatic rings. The van der Waals surface area contributed by atoms with Crippen LogP contribution in [0.15, 0.2) is 33.5 Å². The maximum Gasteiger partial charge on any atom is 0.336 e. The van der Waals surface area contributed by atoms with Crippen LogP contribution in [0.1, 0.15) is 51.5 Å². The standard InChI is InChI=1S/C21H27NO6/c1-3-5-7-14-11-20(24)28-18-12-15(9-10-16(14)18)27-13-19(23)22-17(21(25)26)8-6-4-2/h9-12,17H,3-8,13H2,1-2H3,(H,22,23)(H,25,26)/t17-/m1/s1. The van der Waals surface area contributed by atoms with Crippen molar-refractivity contribution >= 4 is 22.8 Å². The van der Waals surface area contributed by atoms with Gasteiger partial charge in [0.25, 0.3) is 5.91 Å². The van der Waals surface area contributed by atoms with Gasteiger partial charge in [0, 0.05) is 17.5 Å². The molecule has 0 saturated carbocycles. The Kier molecular flexibility index (Phi) is 8.04. The Labute approximate surface area is 163 Å². The van der Waals surface area contributed by atoms with Crippen molar-refractivity contribution in [3.63, 3.8) is 0 Å².